The van der Waals surface area contributed by atoms with Gasteiger partial charge in [0.15, 0.2) is 6.61 Å². The van der Waals surface area contributed by atoms with Gasteiger partial charge in [-0.3, -0.25) is 4.79 Å². The summed E-state index contributed by atoms with van der Waals surface area (Å²) in [5.41, 5.74) is 0.596. The van der Waals surface area contributed by atoms with Crippen LogP contribution in [0.15, 0.2) is 42.5 Å². The molecule has 8 heteroatoms. The maximum Gasteiger partial charge on any atom is 0.339 e. The predicted molar refractivity (Wildman–Crippen MR) is 132 cm³/mol. The molecule has 0 heterocycles. The topological polar surface area (TPSA) is 81.7 Å². The van der Waals surface area contributed by atoms with E-state index in [1.165, 1.54) is 18.2 Å². The molecule has 3 atom stereocenters. The van der Waals surface area contributed by atoms with Crippen molar-refractivity contribution in [2.24, 2.45) is 17.8 Å². The largest absolute Gasteiger partial charge is 0.458 e. The standard InChI is InChI=1S/C26H29Cl2NO5/c1-15(2)18-10-8-16(3)12-23(18)34-26(32)20-7-5-4-6-19(20)25(31)33-14-24(30)29-17-9-11-21(27)22(28)13-17/h4-7,9,11,13,15-16,18,23H,8,10,12,14H2,1-3H3,(H,29,30)/t16-,18+,23+/m1/s1. The Morgan fingerprint density at radius 2 is 1.68 bits per heavy atom. The van der Waals surface area contributed by atoms with Crippen molar-refractivity contribution in [3.8, 4) is 0 Å². The summed E-state index contributed by atoms with van der Waals surface area (Å²) in [5, 5.41) is 3.22. The molecule has 1 aliphatic carbocycles. The Labute approximate surface area is 209 Å². The van der Waals surface area contributed by atoms with Gasteiger partial charge >= 0.3 is 11.9 Å². The quantitative estimate of drug-likeness (QED) is 0.439. The SMILES string of the molecule is CC(C)[C@@H]1CC[C@@H](C)C[C@@H]1OC(=O)c1ccccc1C(=O)OCC(=O)Nc1ccc(Cl)c(Cl)c1. The second-order valence-electron chi connectivity index (χ2n) is 9.07. The number of ether oxygens (including phenoxy) is 2. The van der Waals surface area contributed by atoms with Gasteiger partial charge in [0.2, 0.25) is 0 Å². The monoisotopic (exact) mass is 505 g/mol. The first-order valence-corrected chi connectivity index (χ1v) is 12.1. The summed E-state index contributed by atoms with van der Waals surface area (Å²) >= 11 is 11.8. The maximum atomic E-state index is 13.0. The molecule has 0 bridgehead atoms. The van der Waals surface area contributed by atoms with E-state index < -0.39 is 24.5 Å². The smallest absolute Gasteiger partial charge is 0.339 e. The highest BCUT2D eigenvalue weighted by Crippen LogP contribution is 2.36. The summed E-state index contributed by atoms with van der Waals surface area (Å²) in [6.07, 6.45) is 2.73. The molecule has 0 radical (unpaired) electrons. The molecule has 1 fully saturated rings. The van der Waals surface area contributed by atoms with Crippen molar-refractivity contribution in [2.45, 2.75) is 46.1 Å². The molecule has 0 aromatic heterocycles. The van der Waals surface area contributed by atoms with E-state index in [0.29, 0.717) is 22.5 Å². The molecule has 34 heavy (non-hydrogen) atoms. The molecule has 1 N–H and O–H groups in total. The highest BCUT2D eigenvalue weighted by atomic mass is 35.5. The van der Waals surface area contributed by atoms with Crippen molar-refractivity contribution < 1.29 is 23.9 Å². The summed E-state index contributed by atoms with van der Waals surface area (Å²) in [6, 6.07) is 10.9. The molecule has 3 rings (SSSR count). The number of amides is 1. The molecule has 0 aliphatic heterocycles. The second kappa shape index (κ2) is 11.7. The van der Waals surface area contributed by atoms with Crippen LogP contribution in [-0.2, 0) is 14.3 Å². The minimum Gasteiger partial charge on any atom is -0.458 e. The van der Waals surface area contributed by atoms with Gasteiger partial charge in [0, 0.05) is 5.69 Å². The van der Waals surface area contributed by atoms with Crippen molar-refractivity contribution in [2.75, 3.05) is 11.9 Å². The Balaban J connectivity index is 1.64. The van der Waals surface area contributed by atoms with Crippen LogP contribution in [0.5, 0.6) is 0 Å². The van der Waals surface area contributed by atoms with Crippen LogP contribution in [0.25, 0.3) is 0 Å². The normalized spacial score (nSPS) is 20.0. The highest BCUT2D eigenvalue weighted by Gasteiger charge is 2.34. The zero-order valence-electron chi connectivity index (χ0n) is 19.5. The van der Waals surface area contributed by atoms with Crippen molar-refractivity contribution >= 4 is 46.7 Å². The average molecular weight is 506 g/mol. The molecule has 1 amide bonds. The third kappa shape index (κ3) is 6.73. The zero-order valence-corrected chi connectivity index (χ0v) is 21.0. The fraction of sp³-hybridized carbons (Fsp3) is 0.423. The minimum absolute atomic E-state index is 0.0554. The first kappa shape index (κ1) is 26.0. The summed E-state index contributed by atoms with van der Waals surface area (Å²) in [7, 11) is 0. The molecule has 182 valence electrons. The first-order chi connectivity index (χ1) is 16.2. The van der Waals surface area contributed by atoms with Crippen molar-refractivity contribution in [3.05, 3.63) is 63.6 Å². The van der Waals surface area contributed by atoms with Gasteiger partial charge in [-0.25, -0.2) is 9.59 Å². The molecule has 1 saturated carbocycles. The Hall–Kier alpha value is -2.57. The third-order valence-corrected chi connectivity index (χ3v) is 6.86. The average Bonchev–Trinajstić information content (AvgIpc) is 2.79. The van der Waals surface area contributed by atoms with Gasteiger partial charge in [0.25, 0.3) is 5.91 Å². The van der Waals surface area contributed by atoms with E-state index in [2.05, 4.69) is 26.1 Å². The lowest BCUT2D eigenvalue weighted by Crippen LogP contribution is -2.36. The number of halogens is 2. The number of benzene rings is 2. The molecule has 0 unspecified atom stereocenters. The van der Waals surface area contributed by atoms with Crippen LogP contribution < -0.4 is 5.32 Å². The molecular formula is C26H29Cl2NO5. The maximum absolute atomic E-state index is 13.0. The highest BCUT2D eigenvalue weighted by molar-refractivity contribution is 6.42. The summed E-state index contributed by atoms with van der Waals surface area (Å²) in [6.45, 7) is 5.90. The van der Waals surface area contributed by atoms with Crippen molar-refractivity contribution in [3.63, 3.8) is 0 Å². The van der Waals surface area contributed by atoms with Crippen LogP contribution in [-0.4, -0.2) is 30.6 Å². The van der Waals surface area contributed by atoms with Crippen LogP contribution in [0.4, 0.5) is 5.69 Å². The molecule has 6 nitrogen and oxygen atoms in total. The van der Waals surface area contributed by atoms with Crippen LogP contribution in [0, 0.1) is 17.8 Å². The molecular weight excluding hydrogens is 477 g/mol. The van der Waals surface area contributed by atoms with Crippen LogP contribution in [0.3, 0.4) is 0 Å². The van der Waals surface area contributed by atoms with E-state index in [4.69, 9.17) is 32.7 Å². The van der Waals surface area contributed by atoms with E-state index in [1.54, 1.807) is 24.3 Å². The van der Waals surface area contributed by atoms with Crippen molar-refractivity contribution in [1.82, 2.24) is 0 Å². The minimum atomic E-state index is -0.783. The molecule has 0 saturated heterocycles. The van der Waals surface area contributed by atoms with E-state index in [9.17, 15) is 14.4 Å². The van der Waals surface area contributed by atoms with E-state index in [0.717, 1.165) is 19.3 Å². The summed E-state index contributed by atoms with van der Waals surface area (Å²) in [4.78, 5) is 37.9. The fourth-order valence-corrected chi connectivity index (χ4v) is 4.57. The molecule has 0 spiro atoms. The Morgan fingerprint density at radius 3 is 2.32 bits per heavy atom. The van der Waals surface area contributed by atoms with Crippen LogP contribution >= 0.6 is 23.2 Å². The number of hydrogen-bond acceptors (Lipinski definition) is 5. The number of rotatable bonds is 7. The van der Waals surface area contributed by atoms with Crippen LogP contribution in [0.1, 0.15) is 60.7 Å². The lowest BCUT2D eigenvalue weighted by molar-refractivity contribution is -0.119. The van der Waals surface area contributed by atoms with E-state index in [1.807, 2.05) is 0 Å². The van der Waals surface area contributed by atoms with Gasteiger partial charge in [0.05, 0.1) is 21.2 Å². The van der Waals surface area contributed by atoms with Gasteiger partial charge in [-0.1, -0.05) is 62.5 Å². The number of anilines is 1. The van der Waals surface area contributed by atoms with Crippen molar-refractivity contribution in [1.29, 1.82) is 0 Å². The predicted octanol–water partition coefficient (Wildman–Crippen LogP) is 6.41. The Bertz CT molecular complexity index is 1060. The van der Waals surface area contributed by atoms with Gasteiger partial charge in [0.1, 0.15) is 6.10 Å². The summed E-state index contributed by atoms with van der Waals surface area (Å²) in [5.74, 6) is -0.750. The lowest BCUT2D eigenvalue weighted by Gasteiger charge is -2.36. The van der Waals surface area contributed by atoms with E-state index in [-0.39, 0.29) is 28.2 Å². The van der Waals surface area contributed by atoms with Gasteiger partial charge in [-0.05, 0) is 60.9 Å². The van der Waals surface area contributed by atoms with Gasteiger partial charge in [-0.2, -0.15) is 0 Å². The number of esters is 2. The first-order valence-electron chi connectivity index (χ1n) is 11.4. The lowest BCUT2D eigenvalue weighted by atomic mass is 9.75. The van der Waals surface area contributed by atoms with E-state index >= 15 is 0 Å². The number of carbonyl (C=O) groups excluding carboxylic acids is 3. The fourth-order valence-electron chi connectivity index (χ4n) is 4.27. The third-order valence-electron chi connectivity index (χ3n) is 6.12. The Morgan fingerprint density at radius 1 is 1.00 bits per heavy atom. The van der Waals surface area contributed by atoms with Gasteiger partial charge < -0.3 is 14.8 Å². The molecule has 1 aliphatic rings. The van der Waals surface area contributed by atoms with Crippen LogP contribution in [0.2, 0.25) is 10.0 Å². The number of carbonyl (C=O) groups is 3. The number of nitrogens with one attached hydrogen (secondary N) is 1. The summed E-state index contributed by atoms with van der Waals surface area (Å²) < 4.78 is 11.0. The zero-order chi connectivity index (χ0) is 24.8. The molecule has 2 aromatic carbocycles. The second-order valence-corrected chi connectivity index (χ2v) is 9.88. The molecule has 2 aromatic rings. The van der Waals surface area contributed by atoms with Gasteiger partial charge in [-0.15, -0.1) is 0 Å². The Kier molecular flexibility index (Phi) is 8.97. The number of hydrogen-bond donors (Lipinski definition) is 1.